The quantitative estimate of drug-likeness (QED) is 0.437. The van der Waals surface area contributed by atoms with Gasteiger partial charge in [-0.05, 0) is 49.6 Å². The molecule has 0 fully saturated rings. The fourth-order valence-electron chi connectivity index (χ4n) is 3.13. The zero-order chi connectivity index (χ0) is 18.6. The van der Waals surface area contributed by atoms with Gasteiger partial charge in [0.05, 0.1) is 0 Å². The third-order valence-electron chi connectivity index (χ3n) is 4.84. The molecule has 0 aliphatic heterocycles. The first-order valence-electron chi connectivity index (χ1n) is 10.2. The second kappa shape index (κ2) is 11.5. The fraction of sp³-hybridized carbons (Fsp3) is 0.458. The Bertz CT molecular complexity index is 643. The van der Waals surface area contributed by atoms with Gasteiger partial charge in [-0.3, -0.25) is 4.79 Å². The Kier molecular flexibility index (Phi) is 8.95. The molecule has 0 saturated heterocycles. The summed E-state index contributed by atoms with van der Waals surface area (Å²) in [6, 6.07) is 15.9. The summed E-state index contributed by atoms with van der Waals surface area (Å²) < 4.78 is 0. The number of carbonyl (C=O) groups is 1. The predicted molar refractivity (Wildman–Crippen MR) is 112 cm³/mol. The lowest BCUT2D eigenvalue weighted by Gasteiger charge is -2.07. The zero-order valence-corrected chi connectivity index (χ0v) is 16.4. The van der Waals surface area contributed by atoms with E-state index in [1.54, 1.807) is 0 Å². The van der Waals surface area contributed by atoms with E-state index >= 15 is 0 Å². The van der Waals surface area contributed by atoms with Gasteiger partial charge in [-0.25, -0.2) is 0 Å². The molecule has 1 amide bonds. The van der Waals surface area contributed by atoms with Crippen LogP contribution in [0.2, 0.25) is 0 Å². The molecule has 0 aromatic heterocycles. The SMILES string of the molecule is CCCCCCCCCCc1ccc(NC(=O)c2ccc(C)cc2)cc1. The standard InChI is InChI=1S/C24H33NO/c1-3-4-5-6-7-8-9-10-11-21-14-18-23(19-15-21)25-24(26)22-16-12-20(2)13-17-22/h12-19H,3-11H2,1-2H3,(H,25,26). The minimum atomic E-state index is -0.0548. The summed E-state index contributed by atoms with van der Waals surface area (Å²) in [6.45, 7) is 4.28. The number of aryl methyl sites for hydroxylation is 2. The van der Waals surface area contributed by atoms with Gasteiger partial charge in [-0.15, -0.1) is 0 Å². The van der Waals surface area contributed by atoms with Crippen LogP contribution in [0.1, 0.15) is 79.8 Å². The molecule has 0 aliphatic rings. The highest BCUT2D eigenvalue weighted by molar-refractivity contribution is 6.04. The second-order valence-corrected chi connectivity index (χ2v) is 7.24. The number of nitrogens with one attached hydrogen (secondary N) is 1. The van der Waals surface area contributed by atoms with E-state index in [0.717, 1.165) is 17.7 Å². The normalized spacial score (nSPS) is 10.7. The second-order valence-electron chi connectivity index (χ2n) is 7.24. The minimum Gasteiger partial charge on any atom is -0.322 e. The predicted octanol–water partition coefficient (Wildman–Crippen LogP) is 6.93. The molecular weight excluding hydrogens is 318 g/mol. The molecule has 0 saturated carbocycles. The zero-order valence-electron chi connectivity index (χ0n) is 16.4. The fourth-order valence-corrected chi connectivity index (χ4v) is 3.13. The van der Waals surface area contributed by atoms with Crippen molar-refractivity contribution in [1.29, 1.82) is 0 Å². The van der Waals surface area contributed by atoms with Crippen molar-refractivity contribution in [1.82, 2.24) is 0 Å². The number of anilines is 1. The maximum absolute atomic E-state index is 12.2. The summed E-state index contributed by atoms with van der Waals surface area (Å²) in [6.07, 6.45) is 11.9. The van der Waals surface area contributed by atoms with E-state index < -0.39 is 0 Å². The number of rotatable bonds is 11. The van der Waals surface area contributed by atoms with Gasteiger partial charge >= 0.3 is 0 Å². The van der Waals surface area contributed by atoms with E-state index in [1.165, 1.54) is 56.9 Å². The summed E-state index contributed by atoms with van der Waals surface area (Å²) in [5.74, 6) is -0.0548. The molecule has 0 atom stereocenters. The molecule has 0 aliphatic carbocycles. The molecule has 2 heteroatoms. The Balaban J connectivity index is 1.67. The van der Waals surface area contributed by atoms with Crippen LogP contribution in [-0.2, 0) is 6.42 Å². The van der Waals surface area contributed by atoms with Crippen molar-refractivity contribution < 1.29 is 4.79 Å². The van der Waals surface area contributed by atoms with Crippen LogP contribution in [0, 0.1) is 6.92 Å². The van der Waals surface area contributed by atoms with Gasteiger partial charge in [0.15, 0.2) is 0 Å². The first kappa shape index (κ1) is 20.2. The van der Waals surface area contributed by atoms with Crippen LogP contribution >= 0.6 is 0 Å². The topological polar surface area (TPSA) is 29.1 Å². The van der Waals surface area contributed by atoms with Crippen LogP contribution in [0.15, 0.2) is 48.5 Å². The third-order valence-corrected chi connectivity index (χ3v) is 4.84. The summed E-state index contributed by atoms with van der Waals surface area (Å²) in [7, 11) is 0. The Morgan fingerprint density at radius 2 is 1.35 bits per heavy atom. The smallest absolute Gasteiger partial charge is 0.255 e. The maximum atomic E-state index is 12.2. The molecule has 0 unspecified atom stereocenters. The molecule has 26 heavy (non-hydrogen) atoms. The van der Waals surface area contributed by atoms with E-state index in [-0.39, 0.29) is 5.91 Å². The Morgan fingerprint density at radius 1 is 0.769 bits per heavy atom. The molecule has 2 aromatic rings. The van der Waals surface area contributed by atoms with Crippen molar-refractivity contribution in [3.05, 3.63) is 65.2 Å². The van der Waals surface area contributed by atoms with Crippen LogP contribution in [0.3, 0.4) is 0 Å². The van der Waals surface area contributed by atoms with Crippen molar-refractivity contribution in [3.8, 4) is 0 Å². The number of hydrogen-bond acceptors (Lipinski definition) is 1. The number of carbonyl (C=O) groups excluding carboxylic acids is 1. The summed E-state index contributed by atoms with van der Waals surface area (Å²) in [5, 5.41) is 2.97. The highest BCUT2D eigenvalue weighted by atomic mass is 16.1. The largest absolute Gasteiger partial charge is 0.322 e. The maximum Gasteiger partial charge on any atom is 0.255 e. The van der Waals surface area contributed by atoms with Crippen molar-refractivity contribution >= 4 is 11.6 Å². The lowest BCUT2D eigenvalue weighted by molar-refractivity contribution is 0.102. The average molecular weight is 352 g/mol. The third kappa shape index (κ3) is 7.43. The Hall–Kier alpha value is -2.09. The van der Waals surface area contributed by atoms with Crippen molar-refractivity contribution in [2.24, 2.45) is 0 Å². The Labute approximate surface area is 159 Å². The van der Waals surface area contributed by atoms with Crippen LogP contribution in [0.5, 0.6) is 0 Å². The molecule has 2 rings (SSSR count). The molecule has 1 N–H and O–H groups in total. The average Bonchev–Trinajstić information content (AvgIpc) is 2.65. The highest BCUT2D eigenvalue weighted by Gasteiger charge is 2.05. The molecule has 0 radical (unpaired) electrons. The van der Waals surface area contributed by atoms with E-state index in [4.69, 9.17) is 0 Å². The number of benzene rings is 2. The Morgan fingerprint density at radius 3 is 1.96 bits per heavy atom. The van der Waals surface area contributed by atoms with Gasteiger partial charge < -0.3 is 5.32 Å². The molecule has 140 valence electrons. The summed E-state index contributed by atoms with van der Waals surface area (Å²) in [5.41, 5.74) is 4.06. The van der Waals surface area contributed by atoms with Gasteiger partial charge in [0.2, 0.25) is 0 Å². The van der Waals surface area contributed by atoms with Crippen LogP contribution in [0.25, 0.3) is 0 Å². The molecule has 0 heterocycles. The van der Waals surface area contributed by atoms with Gasteiger partial charge in [-0.1, -0.05) is 81.7 Å². The number of amides is 1. The lowest BCUT2D eigenvalue weighted by Crippen LogP contribution is -2.11. The summed E-state index contributed by atoms with van der Waals surface area (Å²) >= 11 is 0. The first-order chi connectivity index (χ1) is 12.7. The van der Waals surface area contributed by atoms with E-state index in [0.29, 0.717) is 5.56 Å². The van der Waals surface area contributed by atoms with Gasteiger partial charge in [0, 0.05) is 11.3 Å². The highest BCUT2D eigenvalue weighted by Crippen LogP contribution is 2.15. The van der Waals surface area contributed by atoms with Gasteiger partial charge in [0.1, 0.15) is 0 Å². The molecule has 2 aromatic carbocycles. The van der Waals surface area contributed by atoms with Crippen molar-refractivity contribution in [2.75, 3.05) is 5.32 Å². The molecule has 0 spiro atoms. The van der Waals surface area contributed by atoms with Crippen LogP contribution < -0.4 is 5.32 Å². The van der Waals surface area contributed by atoms with Crippen LogP contribution in [-0.4, -0.2) is 5.91 Å². The monoisotopic (exact) mass is 351 g/mol. The van der Waals surface area contributed by atoms with E-state index in [1.807, 2.05) is 43.3 Å². The van der Waals surface area contributed by atoms with Gasteiger partial charge in [0.25, 0.3) is 5.91 Å². The summed E-state index contributed by atoms with van der Waals surface area (Å²) in [4.78, 5) is 12.2. The number of unbranched alkanes of at least 4 members (excludes halogenated alkanes) is 7. The lowest BCUT2D eigenvalue weighted by atomic mass is 10.0. The van der Waals surface area contributed by atoms with Gasteiger partial charge in [-0.2, -0.15) is 0 Å². The van der Waals surface area contributed by atoms with Crippen LogP contribution in [0.4, 0.5) is 5.69 Å². The molecule has 2 nitrogen and oxygen atoms in total. The van der Waals surface area contributed by atoms with E-state index in [9.17, 15) is 4.79 Å². The van der Waals surface area contributed by atoms with Crippen molar-refractivity contribution in [2.45, 2.75) is 71.6 Å². The van der Waals surface area contributed by atoms with E-state index in [2.05, 4.69) is 24.4 Å². The van der Waals surface area contributed by atoms with Crippen molar-refractivity contribution in [3.63, 3.8) is 0 Å². The number of hydrogen-bond donors (Lipinski definition) is 1. The first-order valence-corrected chi connectivity index (χ1v) is 10.2. The molecular formula is C24H33NO. The molecule has 0 bridgehead atoms. The minimum absolute atomic E-state index is 0.0548.